The van der Waals surface area contributed by atoms with Crippen molar-refractivity contribution in [3.05, 3.63) is 0 Å². The fourth-order valence-electron chi connectivity index (χ4n) is 0.704. The van der Waals surface area contributed by atoms with E-state index in [1.807, 2.05) is 13.8 Å². The van der Waals surface area contributed by atoms with Crippen LogP contribution in [0.25, 0.3) is 0 Å². The zero-order valence-electron chi connectivity index (χ0n) is 11.6. The van der Waals surface area contributed by atoms with Crippen molar-refractivity contribution in [2.45, 2.75) is 67.2 Å². The third-order valence-corrected chi connectivity index (χ3v) is 1.37. The van der Waals surface area contributed by atoms with Crippen LogP contribution < -0.4 is 0 Å². The molecular formula is C13H30O2. The Morgan fingerprint density at radius 2 is 1.13 bits per heavy atom. The standard InChI is InChI=1S/C6H14.C4H10O.C3H6O/c1-3-5-6-4-2;1-3-5-4-2;1-3(2)4/h3-6H2,1-2H3;3-4H2,1-2H3;1-2H3. The molecule has 0 amide bonds. The minimum atomic E-state index is 0.167. The third kappa shape index (κ3) is 86.0. The molecule has 0 aromatic carbocycles. The van der Waals surface area contributed by atoms with Crippen LogP contribution in [0.3, 0.4) is 0 Å². The van der Waals surface area contributed by atoms with Crippen LogP contribution in [0.4, 0.5) is 0 Å². The number of ether oxygens (including phenoxy) is 1. The van der Waals surface area contributed by atoms with E-state index < -0.39 is 0 Å². The number of carbonyl (C=O) groups excluding carboxylic acids is 1. The van der Waals surface area contributed by atoms with Crippen molar-refractivity contribution in [1.29, 1.82) is 0 Å². The summed E-state index contributed by atoms with van der Waals surface area (Å²) in [6.45, 7) is 13.2. The molecule has 2 heteroatoms. The molecule has 94 valence electrons. The molecule has 0 N–H and O–H groups in total. The van der Waals surface area contributed by atoms with E-state index in [1.165, 1.54) is 39.5 Å². The van der Waals surface area contributed by atoms with Crippen molar-refractivity contribution in [3.63, 3.8) is 0 Å². The second-order valence-electron chi connectivity index (χ2n) is 3.40. The highest BCUT2D eigenvalue weighted by Gasteiger charge is 1.75. The molecule has 0 bridgehead atoms. The summed E-state index contributed by atoms with van der Waals surface area (Å²) in [5.41, 5.74) is 0. The van der Waals surface area contributed by atoms with E-state index in [2.05, 4.69) is 13.8 Å². The number of unbranched alkanes of at least 4 members (excludes halogenated alkanes) is 3. The molecule has 0 aromatic rings. The van der Waals surface area contributed by atoms with Crippen molar-refractivity contribution >= 4 is 5.78 Å². The van der Waals surface area contributed by atoms with E-state index in [0.29, 0.717) is 0 Å². The molecule has 0 saturated heterocycles. The summed E-state index contributed by atoms with van der Waals surface area (Å²) in [6, 6.07) is 0. The van der Waals surface area contributed by atoms with Gasteiger partial charge in [0.2, 0.25) is 0 Å². The molecule has 0 heterocycles. The molecule has 0 rings (SSSR count). The summed E-state index contributed by atoms with van der Waals surface area (Å²) < 4.78 is 4.83. The van der Waals surface area contributed by atoms with E-state index in [4.69, 9.17) is 4.74 Å². The molecule has 0 spiro atoms. The summed E-state index contributed by atoms with van der Waals surface area (Å²) in [4.78, 5) is 9.44. The Bertz CT molecular complexity index is 90.7. The van der Waals surface area contributed by atoms with Gasteiger partial charge < -0.3 is 9.53 Å². The van der Waals surface area contributed by atoms with E-state index in [9.17, 15) is 4.79 Å². The Hall–Kier alpha value is -0.370. The predicted octanol–water partition coefficient (Wildman–Crippen LogP) is 4.22. The second-order valence-corrected chi connectivity index (χ2v) is 3.40. The molecule has 0 aromatic heterocycles. The number of Topliss-reactive ketones (excluding diaryl/α,β-unsaturated/α-hetero) is 1. The second kappa shape index (κ2) is 23.4. The molecule has 2 nitrogen and oxygen atoms in total. The summed E-state index contributed by atoms with van der Waals surface area (Å²) in [5, 5.41) is 0. The molecule has 0 unspecified atom stereocenters. The summed E-state index contributed by atoms with van der Waals surface area (Å²) in [6.07, 6.45) is 5.54. The van der Waals surface area contributed by atoms with Crippen LogP contribution in [-0.4, -0.2) is 19.0 Å². The van der Waals surface area contributed by atoms with Gasteiger partial charge in [-0.1, -0.05) is 39.5 Å². The first-order valence-corrected chi connectivity index (χ1v) is 6.11. The molecule has 0 radical (unpaired) electrons. The first kappa shape index (κ1) is 20.1. The first-order valence-electron chi connectivity index (χ1n) is 6.11. The zero-order chi connectivity index (χ0) is 12.5. The van der Waals surface area contributed by atoms with Gasteiger partial charge in [-0.05, 0) is 27.7 Å². The van der Waals surface area contributed by atoms with Gasteiger partial charge in [-0.3, -0.25) is 0 Å². The molecule has 0 atom stereocenters. The van der Waals surface area contributed by atoms with Crippen LogP contribution in [0, 0.1) is 0 Å². The zero-order valence-corrected chi connectivity index (χ0v) is 11.6. The summed E-state index contributed by atoms with van der Waals surface area (Å²) in [7, 11) is 0. The van der Waals surface area contributed by atoms with Crippen LogP contribution >= 0.6 is 0 Å². The van der Waals surface area contributed by atoms with E-state index in [1.54, 1.807) is 0 Å². The van der Waals surface area contributed by atoms with Gasteiger partial charge in [0.25, 0.3) is 0 Å². The lowest BCUT2D eigenvalue weighted by molar-refractivity contribution is -0.114. The third-order valence-electron chi connectivity index (χ3n) is 1.37. The molecule has 0 saturated carbocycles. The molecule has 0 fully saturated rings. The lowest BCUT2D eigenvalue weighted by Crippen LogP contribution is -1.84. The quantitative estimate of drug-likeness (QED) is 0.646. The topological polar surface area (TPSA) is 26.3 Å². The monoisotopic (exact) mass is 218 g/mol. The van der Waals surface area contributed by atoms with Crippen LogP contribution in [0.5, 0.6) is 0 Å². The SMILES string of the molecule is CC(C)=O.CCCCCC.CCOCC. The van der Waals surface area contributed by atoms with E-state index in [0.717, 1.165) is 13.2 Å². The van der Waals surface area contributed by atoms with Gasteiger partial charge in [0, 0.05) is 13.2 Å². The highest BCUT2D eigenvalue weighted by Crippen LogP contribution is 1.95. The smallest absolute Gasteiger partial charge is 0.126 e. The van der Waals surface area contributed by atoms with Gasteiger partial charge in [-0.15, -0.1) is 0 Å². The van der Waals surface area contributed by atoms with Gasteiger partial charge in [0.1, 0.15) is 5.78 Å². The number of hydrogen-bond acceptors (Lipinski definition) is 2. The number of ketones is 1. The number of hydrogen-bond donors (Lipinski definition) is 0. The van der Waals surface area contributed by atoms with Gasteiger partial charge in [-0.2, -0.15) is 0 Å². The average Bonchev–Trinajstić information content (AvgIpc) is 2.16. The maximum absolute atomic E-state index is 9.44. The van der Waals surface area contributed by atoms with Crippen molar-refractivity contribution in [3.8, 4) is 0 Å². The normalized spacial score (nSPS) is 8.13. The highest BCUT2D eigenvalue weighted by atomic mass is 16.5. The number of carbonyl (C=O) groups is 1. The van der Waals surface area contributed by atoms with Gasteiger partial charge in [0.05, 0.1) is 0 Å². The predicted molar refractivity (Wildman–Crippen MR) is 68.3 cm³/mol. The highest BCUT2D eigenvalue weighted by molar-refractivity contribution is 5.72. The van der Waals surface area contributed by atoms with E-state index >= 15 is 0 Å². The van der Waals surface area contributed by atoms with Crippen LogP contribution in [-0.2, 0) is 9.53 Å². The molecule has 15 heavy (non-hydrogen) atoms. The van der Waals surface area contributed by atoms with Gasteiger partial charge in [-0.25, -0.2) is 0 Å². The first-order chi connectivity index (χ1) is 7.06. The summed E-state index contributed by atoms with van der Waals surface area (Å²) >= 11 is 0. The van der Waals surface area contributed by atoms with Crippen molar-refractivity contribution in [2.24, 2.45) is 0 Å². The minimum absolute atomic E-state index is 0.167. The van der Waals surface area contributed by atoms with Crippen molar-refractivity contribution < 1.29 is 9.53 Å². The molecule has 0 aliphatic heterocycles. The van der Waals surface area contributed by atoms with Gasteiger partial charge >= 0.3 is 0 Å². The van der Waals surface area contributed by atoms with Crippen molar-refractivity contribution in [1.82, 2.24) is 0 Å². The maximum atomic E-state index is 9.44. The lowest BCUT2D eigenvalue weighted by atomic mass is 10.2. The average molecular weight is 218 g/mol. The van der Waals surface area contributed by atoms with E-state index in [-0.39, 0.29) is 5.78 Å². The Kier molecular flexibility index (Phi) is 31.4. The van der Waals surface area contributed by atoms with Crippen LogP contribution in [0.1, 0.15) is 67.2 Å². The molecular weight excluding hydrogens is 188 g/mol. The largest absolute Gasteiger partial charge is 0.382 e. The van der Waals surface area contributed by atoms with Crippen LogP contribution in [0.2, 0.25) is 0 Å². The Balaban J connectivity index is -0.000000147. The summed E-state index contributed by atoms with van der Waals surface area (Å²) in [5.74, 6) is 0.167. The van der Waals surface area contributed by atoms with Crippen molar-refractivity contribution in [2.75, 3.05) is 13.2 Å². The minimum Gasteiger partial charge on any atom is -0.382 e. The Labute approximate surface area is 96.4 Å². The fourth-order valence-corrected chi connectivity index (χ4v) is 0.704. The van der Waals surface area contributed by atoms with Gasteiger partial charge in [0.15, 0.2) is 0 Å². The maximum Gasteiger partial charge on any atom is 0.126 e. The number of rotatable bonds is 5. The Morgan fingerprint density at radius 1 is 0.867 bits per heavy atom. The van der Waals surface area contributed by atoms with Crippen LogP contribution in [0.15, 0.2) is 0 Å². The molecule has 0 aliphatic rings. The molecule has 0 aliphatic carbocycles. The Morgan fingerprint density at radius 3 is 1.20 bits per heavy atom. The fraction of sp³-hybridized carbons (Fsp3) is 0.923. The lowest BCUT2D eigenvalue weighted by Gasteiger charge is -1.86.